The van der Waals surface area contributed by atoms with Gasteiger partial charge < -0.3 is 0 Å². The summed E-state index contributed by atoms with van der Waals surface area (Å²) in [5.41, 5.74) is 0. The molecule has 0 bridgehead atoms. The van der Waals surface area contributed by atoms with Crippen LogP contribution in [0.2, 0.25) is 0 Å². The molecule has 0 fully saturated rings. The third-order valence-electron chi connectivity index (χ3n) is 0.689. The van der Waals surface area contributed by atoms with E-state index in [1.807, 2.05) is 22.6 Å². The lowest BCUT2D eigenvalue weighted by Gasteiger charge is -1.85. The summed E-state index contributed by atoms with van der Waals surface area (Å²) in [4.78, 5) is 3.79. The van der Waals surface area contributed by atoms with Gasteiger partial charge in [-0.3, -0.25) is 4.98 Å². The number of nitrogens with zero attached hydrogens (tertiary/aromatic N) is 1. The minimum Gasteiger partial charge on any atom is -0.250 e. The molecule has 42 valence electrons. The van der Waals surface area contributed by atoms with Crippen LogP contribution < -0.4 is 0 Å². The van der Waals surface area contributed by atoms with Crippen molar-refractivity contribution in [2.24, 2.45) is 0 Å². The largest absolute Gasteiger partial charge is 0.250 e. The Morgan fingerprint density at radius 1 is 1.62 bits per heavy atom. The highest BCUT2D eigenvalue weighted by atomic mass is 127. The Morgan fingerprint density at radius 2 is 2.38 bits per heavy atom. The van der Waals surface area contributed by atoms with Gasteiger partial charge in [-0.2, -0.15) is 0 Å². The van der Waals surface area contributed by atoms with Gasteiger partial charge in [0, 0.05) is 12.3 Å². The molecule has 0 aliphatic rings. The second-order valence-corrected chi connectivity index (χ2v) is 2.40. The molecule has 0 amide bonds. The van der Waals surface area contributed by atoms with E-state index >= 15 is 0 Å². The quantitative estimate of drug-likeness (QED) is 0.482. The molecule has 0 aliphatic carbocycles. The molecule has 1 aromatic rings. The van der Waals surface area contributed by atoms with Crippen LogP contribution in [0.25, 0.3) is 0 Å². The zero-order chi connectivity index (χ0) is 5.98. The highest BCUT2D eigenvalue weighted by molar-refractivity contribution is 14.1. The molecule has 0 aromatic carbocycles. The van der Waals surface area contributed by atoms with Gasteiger partial charge in [-0.25, -0.2) is 4.39 Å². The first-order valence-electron chi connectivity index (χ1n) is 2.06. The molecular weight excluding hydrogens is 220 g/mol. The van der Waals surface area contributed by atoms with E-state index in [4.69, 9.17) is 0 Å². The Bertz CT molecular complexity index is 172. The van der Waals surface area contributed by atoms with E-state index in [1.54, 1.807) is 0 Å². The van der Waals surface area contributed by atoms with Gasteiger partial charge >= 0.3 is 0 Å². The standard InChI is InChI=1S/C5H3FIN/c6-4-1-2-8-5(7)3-4/h1-3H. The number of halogens is 2. The van der Waals surface area contributed by atoms with Crippen LogP contribution in [0.15, 0.2) is 18.3 Å². The van der Waals surface area contributed by atoms with E-state index in [0.29, 0.717) is 3.70 Å². The van der Waals surface area contributed by atoms with Crippen LogP contribution >= 0.6 is 22.6 Å². The molecule has 0 spiro atoms. The lowest BCUT2D eigenvalue weighted by atomic mass is 10.5. The predicted molar refractivity (Wildman–Crippen MR) is 36.9 cm³/mol. The molecule has 0 aliphatic heterocycles. The lowest BCUT2D eigenvalue weighted by Crippen LogP contribution is -1.78. The van der Waals surface area contributed by atoms with E-state index in [2.05, 4.69) is 4.98 Å². The lowest BCUT2D eigenvalue weighted by molar-refractivity contribution is 0.624. The molecule has 1 heterocycles. The Hall–Kier alpha value is -0.190. The molecule has 1 rings (SSSR count). The van der Waals surface area contributed by atoms with Crippen molar-refractivity contribution in [3.8, 4) is 0 Å². The van der Waals surface area contributed by atoms with Gasteiger partial charge in [0.05, 0.1) is 0 Å². The Morgan fingerprint density at radius 3 is 2.75 bits per heavy atom. The van der Waals surface area contributed by atoms with E-state index in [-0.39, 0.29) is 5.82 Å². The monoisotopic (exact) mass is 223 g/mol. The Labute approximate surface area is 60.1 Å². The molecule has 0 saturated carbocycles. The second kappa shape index (κ2) is 2.39. The third-order valence-corrected chi connectivity index (χ3v) is 1.28. The molecule has 1 nitrogen and oxygen atoms in total. The molecule has 0 N–H and O–H groups in total. The van der Waals surface area contributed by atoms with Crippen molar-refractivity contribution >= 4 is 22.6 Å². The van der Waals surface area contributed by atoms with Crippen LogP contribution in [0.1, 0.15) is 0 Å². The second-order valence-electron chi connectivity index (χ2n) is 1.30. The summed E-state index contributed by atoms with van der Waals surface area (Å²) in [5, 5.41) is 0. The molecule has 0 radical (unpaired) electrons. The van der Waals surface area contributed by atoms with Crippen molar-refractivity contribution in [2.75, 3.05) is 0 Å². The number of rotatable bonds is 0. The minimum atomic E-state index is -0.232. The topological polar surface area (TPSA) is 12.9 Å². The van der Waals surface area contributed by atoms with Crippen LogP contribution in [-0.2, 0) is 0 Å². The molecular formula is C5H3FIN. The first-order valence-corrected chi connectivity index (χ1v) is 3.14. The summed E-state index contributed by atoms with van der Waals surface area (Å²) in [6, 6.07) is 2.70. The van der Waals surface area contributed by atoms with Gasteiger partial charge in [-0.05, 0) is 28.7 Å². The first-order chi connectivity index (χ1) is 3.79. The van der Waals surface area contributed by atoms with E-state index < -0.39 is 0 Å². The summed E-state index contributed by atoms with van der Waals surface area (Å²) in [5.74, 6) is -0.232. The Kier molecular flexibility index (Phi) is 1.77. The van der Waals surface area contributed by atoms with Crippen LogP contribution in [0.4, 0.5) is 4.39 Å². The fourth-order valence-electron chi connectivity index (χ4n) is 0.379. The molecule has 1 aromatic heterocycles. The maximum atomic E-state index is 12.1. The summed E-state index contributed by atoms with van der Waals surface area (Å²) in [6.07, 6.45) is 1.44. The molecule has 3 heteroatoms. The van der Waals surface area contributed by atoms with Crippen molar-refractivity contribution in [1.82, 2.24) is 4.98 Å². The molecule has 0 saturated heterocycles. The Balaban J connectivity index is 3.08. The van der Waals surface area contributed by atoms with Crippen LogP contribution in [0, 0.1) is 9.52 Å². The maximum absolute atomic E-state index is 12.1. The fourth-order valence-corrected chi connectivity index (χ4v) is 0.837. The van der Waals surface area contributed by atoms with Gasteiger partial charge in [0.2, 0.25) is 0 Å². The summed E-state index contributed by atoms with van der Waals surface area (Å²) < 4.78 is 12.8. The molecule has 0 atom stereocenters. The van der Waals surface area contributed by atoms with E-state index in [1.165, 1.54) is 18.3 Å². The van der Waals surface area contributed by atoms with Gasteiger partial charge in [0.15, 0.2) is 0 Å². The van der Waals surface area contributed by atoms with Crippen molar-refractivity contribution < 1.29 is 4.39 Å². The zero-order valence-corrected chi connectivity index (χ0v) is 6.09. The molecule has 0 unspecified atom stereocenters. The predicted octanol–water partition coefficient (Wildman–Crippen LogP) is 1.83. The van der Waals surface area contributed by atoms with E-state index in [0.717, 1.165) is 0 Å². The summed E-state index contributed by atoms with van der Waals surface area (Å²) in [6.45, 7) is 0. The van der Waals surface area contributed by atoms with Crippen LogP contribution in [0.5, 0.6) is 0 Å². The normalized spacial score (nSPS) is 9.25. The van der Waals surface area contributed by atoms with Gasteiger partial charge in [0.1, 0.15) is 9.52 Å². The highest BCUT2D eigenvalue weighted by Crippen LogP contribution is 2.00. The van der Waals surface area contributed by atoms with Gasteiger partial charge in [-0.15, -0.1) is 0 Å². The maximum Gasteiger partial charge on any atom is 0.127 e. The number of hydrogen-bond acceptors (Lipinski definition) is 1. The zero-order valence-electron chi connectivity index (χ0n) is 3.94. The number of pyridine rings is 1. The highest BCUT2D eigenvalue weighted by Gasteiger charge is 1.87. The summed E-state index contributed by atoms with van der Waals surface area (Å²) in [7, 11) is 0. The smallest absolute Gasteiger partial charge is 0.127 e. The number of aromatic nitrogens is 1. The van der Waals surface area contributed by atoms with Gasteiger partial charge in [0.25, 0.3) is 0 Å². The van der Waals surface area contributed by atoms with Crippen LogP contribution in [-0.4, -0.2) is 4.98 Å². The fraction of sp³-hybridized carbons (Fsp3) is 0. The van der Waals surface area contributed by atoms with Crippen molar-refractivity contribution in [3.05, 3.63) is 27.8 Å². The number of hydrogen-bond donors (Lipinski definition) is 0. The summed E-state index contributed by atoms with van der Waals surface area (Å²) >= 11 is 1.95. The SMILES string of the molecule is Fc1ccnc(I)c1. The average Bonchev–Trinajstić information content (AvgIpc) is 1.64. The van der Waals surface area contributed by atoms with Crippen molar-refractivity contribution in [1.29, 1.82) is 0 Å². The average molecular weight is 223 g/mol. The van der Waals surface area contributed by atoms with Gasteiger partial charge in [-0.1, -0.05) is 0 Å². The first kappa shape index (κ1) is 5.94. The van der Waals surface area contributed by atoms with Crippen molar-refractivity contribution in [2.45, 2.75) is 0 Å². The molecule has 8 heavy (non-hydrogen) atoms. The van der Waals surface area contributed by atoms with E-state index in [9.17, 15) is 4.39 Å². The van der Waals surface area contributed by atoms with Crippen LogP contribution in [0.3, 0.4) is 0 Å². The third kappa shape index (κ3) is 1.40. The minimum absolute atomic E-state index is 0.232. The van der Waals surface area contributed by atoms with Crippen molar-refractivity contribution in [3.63, 3.8) is 0 Å².